The first-order chi connectivity index (χ1) is 9.72. The Kier molecular flexibility index (Phi) is 5.34. The van der Waals surface area contributed by atoms with Gasteiger partial charge in [0, 0.05) is 13.1 Å². The molecule has 20 heavy (non-hydrogen) atoms. The summed E-state index contributed by atoms with van der Waals surface area (Å²) in [6, 6.07) is 0. The lowest BCUT2D eigenvalue weighted by Gasteiger charge is -2.26. The number of carbonyl (C=O) groups excluding carboxylic acids is 2. The zero-order valence-corrected chi connectivity index (χ0v) is 12.4. The Morgan fingerprint density at radius 2 is 2.15 bits per heavy atom. The first-order valence-electron chi connectivity index (χ1n) is 6.84. The van der Waals surface area contributed by atoms with Gasteiger partial charge in [0.05, 0.1) is 18.7 Å². The van der Waals surface area contributed by atoms with Crippen molar-refractivity contribution in [3.05, 3.63) is 11.2 Å². The largest absolute Gasteiger partial charge is 0.461 e. The molecule has 2 rings (SSSR count). The van der Waals surface area contributed by atoms with Crippen LogP contribution in [-0.2, 0) is 9.53 Å². The lowest BCUT2D eigenvalue weighted by molar-refractivity contribution is -0.130. The second kappa shape index (κ2) is 7.23. The molecule has 6 nitrogen and oxygen atoms in total. The Morgan fingerprint density at radius 3 is 2.85 bits per heavy atom. The normalized spacial score (nSPS) is 14.9. The minimum atomic E-state index is -0.457. The number of carbonyl (C=O) groups is 2. The van der Waals surface area contributed by atoms with Crippen molar-refractivity contribution in [3.63, 3.8) is 0 Å². The Hall–Kier alpha value is -1.63. The molecule has 110 valence electrons. The van der Waals surface area contributed by atoms with Gasteiger partial charge in [0.2, 0.25) is 5.91 Å². The van der Waals surface area contributed by atoms with Crippen LogP contribution in [-0.4, -0.2) is 48.0 Å². The summed E-state index contributed by atoms with van der Waals surface area (Å²) in [6.07, 6.45) is 3.33. The van der Waals surface area contributed by atoms with Gasteiger partial charge in [-0.3, -0.25) is 4.79 Å². The number of ether oxygens (including phenoxy) is 1. The number of amides is 1. The molecule has 0 bridgehead atoms. The molecule has 1 saturated heterocycles. The fourth-order valence-electron chi connectivity index (χ4n) is 2.13. The molecule has 0 radical (unpaired) electrons. The van der Waals surface area contributed by atoms with E-state index in [0.717, 1.165) is 25.9 Å². The molecule has 0 spiro atoms. The predicted molar refractivity (Wildman–Crippen MR) is 77.0 cm³/mol. The SMILES string of the molecule is CCOC(=O)c1ncsc1NCC(=O)N1CCCCC1. The average molecular weight is 297 g/mol. The number of thiazole rings is 1. The Balaban J connectivity index is 1.89. The molecule has 1 aromatic rings. The third-order valence-corrected chi connectivity index (χ3v) is 3.93. The number of esters is 1. The van der Waals surface area contributed by atoms with E-state index < -0.39 is 5.97 Å². The molecule has 0 saturated carbocycles. The molecule has 1 aliphatic heterocycles. The maximum atomic E-state index is 12.0. The van der Waals surface area contributed by atoms with Gasteiger partial charge in [-0.05, 0) is 26.2 Å². The molecule has 1 aromatic heterocycles. The summed E-state index contributed by atoms with van der Waals surface area (Å²) in [7, 11) is 0. The van der Waals surface area contributed by atoms with E-state index in [1.165, 1.54) is 17.8 Å². The number of hydrogen-bond acceptors (Lipinski definition) is 6. The molecule has 0 atom stereocenters. The summed E-state index contributed by atoms with van der Waals surface area (Å²) in [5.41, 5.74) is 1.82. The minimum absolute atomic E-state index is 0.0629. The van der Waals surface area contributed by atoms with Crippen molar-refractivity contribution in [3.8, 4) is 0 Å². The van der Waals surface area contributed by atoms with Crippen molar-refractivity contribution in [2.75, 3.05) is 31.6 Å². The maximum Gasteiger partial charge on any atom is 0.360 e. The fourth-order valence-corrected chi connectivity index (χ4v) is 2.79. The van der Waals surface area contributed by atoms with Gasteiger partial charge in [0.1, 0.15) is 5.00 Å². The highest BCUT2D eigenvalue weighted by Crippen LogP contribution is 2.21. The molecule has 0 unspecified atom stereocenters. The summed E-state index contributed by atoms with van der Waals surface area (Å²) in [5, 5.41) is 3.59. The predicted octanol–water partition coefficient (Wildman–Crippen LogP) is 1.74. The summed E-state index contributed by atoms with van der Waals surface area (Å²) >= 11 is 1.30. The van der Waals surface area contributed by atoms with Crippen molar-refractivity contribution in [2.45, 2.75) is 26.2 Å². The lowest BCUT2D eigenvalue weighted by atomic mass is 10.1. The van der Waals surface area contributed by atoms with Crippen LogP contribution >= 0.6 is 11.3 Å². The third kappa shape index (κ3) is 3.69. The molecule has 7 heteroatoms. The Morgan fingerprint density at radius 1 is 1.40 bits per heavy atom. The topological polar surface area (TPSA) is 71.5 Å². The smallest absolute Gasteiger partial charge is 0.360 e. The number of aromatic nitrogens is 1. The lowest BCUT2D eigenvalue weighted by Crippen LogP contribution is -2.39. The molecule has 2 heterocycles. The van der Waals surface area contributed by atoms with Gasteiger partial charge in [-0.1, -0.05) is 0 Å². The van der Waals surface area contributed by atoms with Gasteiger partial charge in [0.25, 0.3) is 0 Å². The van der Waals surface area contributed by atoms with Crippen LogP contribution in [0.15, 0.2) is 5.51 Å². The first kappa shape index (κ1) is 14.8. The van der Waals surface area contributed by atoms with E-state index in [-0.39, 0.29) is 18.1 Å². The molecule has 1 amide bonds. The minimum Gasteiger partial charge on any atom is -0.461 e. The monoisotopic (exact) mass is 297 g/mol. The Labute approximate surface area is 122 Å². The number of hydrogen-bond donors (Lipinski definition) is 1. The van der Waals surface area contributed by atoms with Crippen LogP contribution in [0.5, 0.6) is 0 Å². The van der Waals surface area contributed by atoms with Crippen LogP contribution in [0.2, 0.25) is 0 Å². The maximum absolute atomic E-state index is 12.0. The van der Waals surface area contributed by atoms with Crippen LogP contribution in [0, 0.1) is 0 Å². The number of piperidine rings is 1. The molecular weight excluding hydrogens is 278 g/mol. The van der Waals surface area contributed by atoms with Crippen LogP contribution in [0.3, 0.4) is 0 Å². The molecule has 1 fully saturated rings. The molecular formula is C13H19N3O3S. The number of rotatable bonds is 5. The van der Waals surface area contributed by atoms with E-state index in [1.807, 2.05) is 4.90 Å². The molecule has 1 N–H and O–H groups in total. The van der Waals surface area contributed by atoms with E-state index in [4.69, 9.17) is 4.74 Å². The van der Waals surface area contributed by atoms with Crippen molar-refractivity contribution in [1.82, 2.24) is 9.88 Å². The van der Waals surface area contributed by atoms with Crippen molar-refractivity contribution in [1.29, 1.82) is 0 Å². The van der Waals surface area contributed by atoms with Crippen molar-refractivity contribution in [2.24, 2.45) is 0 Å². The van der Waals surface area contributed by atoms with E-state index in [2.05, 4.69) is 10.3 Å². The number of nitrogens with one attached hydrogen (secondary N) is 1. The van der Waals surface area contributed by atoms with Gasteiger partial charge >= 0.3 is 5.97 Å². The van der Waals surface area contributed by atoms with Gasteiger partial charge in [-0.2, -0.15) is 0 Å². The summed E-state index contributed by atoms with van der Waals surface area (Å²) in [4.78, 5) is 29.5. The summed E-state index contributed by atoms with van der Waals surface area (Å²) < 4.78 is 4.92. The van der Waals surface area contributed by atoms with Crippen LogP contribution in [0.25, 0.3) is 0 Å². The number of nitrogens with zero attached hydrogens (tertiary/aromatic N) is 2. The third-order valence-electron chi connectivity index (χ3n) is 3.15. The standard InChI is InChI=1S/C13H19N3O3S/c1-2-19-13(18)11-12(20-9-15-11)14-8-10(17)16-6-4-3-5-7-16/h9,14H,2-8H2,1H3. The highest BCUT2D eigenvalue weighted by atomic mass is 32.1. The second-order valence-corrected chi connectivity index (χ2v) is 5.40. The van der Waals surface area contributed by atoms with E-state index in [9.17, 15) is 9.59 Å². The van der Waals surface area contributed by atoms with Crippen LogP contribution < -0.4 is 5.32 Å². The van der Waals surface area contributed by atoms with E-state index >= 15 is 0 Å². The van der Waals surface area contributed by atoms with Gasteiger partial charge in [0.15, 0.2) is 5.69 Å². The highest BCUT2D eigenvalue weighted by Gasteiger charge is 2.19. The molecule has 0 aliphatic carbocycles. The summed E-state index contributed by atoms with van der Waals surface area (Å²) in [5.74, 6) is -0.394. The fraction of sp³-hybridized carbons (Fsp3) is 0.615. The number of anilines is 1. The van der Waals surface area contributed by atoms with Crippen molar-refractivity contribution < 1.29 is 14.3 Å². The average Bonchev–Trinajstić information content (AvgIpc) is 2.94. The van der Waals surface area contributed by atoms with E-state index in [1.54, 1.807) is 12.4 Å². The molecule has 1 aliphatic rings. The van der Waals surface area contributed by atoms with Gasteiger partial charge in [-0.25, -0.2) is 9.78 Å². The van der Waals surface area contributed by atoms with Crippen molar-refractivity contribution >= 4 is 28.2 Å². The molecule has 0 aromatic carbocycles. The van der Waals surface area contributed by atoms with Gasteiger partial charge < -0.3 is 15.0 Å². The summed E-state index contributed by atoms with van der Waals surface area (Å²) in [6.45, 7) is 3.90. The zero-order valence-electron chi connectivity index (χ0n) is 11.6. The van der Waals surface area contributed by atoms with Gasteiger partial charge in [-0.15, -0.1) is 11.3 Å². The Bertz CT molecular complexity index is 469. The highest BCUT2D eigenvalue weighted by molar-refractivity contribution is 7.14. The second-order valence-electron chi connectivity index (χ2n) is 4.55. The first-order valence-corrected chi connectivity index (χ1v) is 7.72. The van der Waals surface area contributed by atoms with Crippen LogP contribution in [0.4, 0.5) is 5.00 Å². The number of likely N-dealkylation sites (tertiary alicyclic amines) is 1. The van der Waals surface area contributed by atoms with E-state index in [0.29, 0.717) is 11.6 Å². The zero-order chi connectivity index (χ0) is 14.4. The van der Waals surface area contributed by atoms with Crippen LogP contribution in [0.1, 0.15) is 36.7 Å². The quantitative estimate of drug-likeness (QED) is 0.838.